The van der Waals surface area contributed by atoms with E-state index in [1.807, 2.05) is 30.3 Å². The van der Waals surface area contributed by atoms with E-state index in [9.17, 15) is 14.9 Å². The van der Waals surface area contributed by atoms with Gasteiger partial charge in [0.05, 0.1) is 6.54 Å². The van der Waals surface area contributed by atoms with E-state index in [2.05, 4.69) is 16.6 Å². The smallest absolute Gasteiger partial charge is 0.270 e. The fraction of sp³-hybridized carbons (Fsp3) is 0.250. The lowest BCUT2D eigenvalue weighted by molar-refractivity contribution is -0.115. The highest BCUT2D eigenvalue weighted by atomic mass is 32.1. The molecule has 0 fully saturated rings. The minimum absolute atomic E-state index is 0.00351. The van der Waals surface area contributed by atoms with Crippen molar-refractivity contribution in [3.8, 4) is 18.4 Å². The Hall–Kier alpha value is -3.33. The second-order valence-electron chi connectivity index (χ2n) is 5.66. The van der Waals surface area contributed by atoms with Crippen LogP contribution in [-0.2, 0) is 17.8 Å². The van der Waals surface area contributed by atoms with Gasteiger partial charge in [0, 0.05) is 25.0 Å². The van der Waals surface area contributed by atoms with Crippen LogP contribution < -0.4 is 25.4 Å². The molecule has 1 heterocycles. The summed E-state index contributed by atoms with van der Waals surface area (Å²) < 4.78 is 2.03. The molecule has 144 valence electrons. The topological polar surface area (TPSA) is 107 Å². The lowest BCUT2D eigenvalue weighted by atomic mass is 10.1. The predicted molar refractivity (Wildman–Crippen MR) is 110 cm³/mol. The van der Waals surface area contributed by atoms with Gasteiger partial charge in [-0.05, 0) is 31.0 Å². The molecule has 1 aromatic heterocycles. The van der Waals surface area contributed by atoms with E-state index in [4.69, 9.17) is 11.5 Å². The molecular weight excluding hydrogens is 376 g/mol. The molecule has 7 nitrogen and oxygen atoms in total. The van der Waals surface area contributed by atoms with Gasteiger partial charge in [0.2, 0.25) is 0 Å². The van der Waals surface area contributed by atoms with Gasteiger partial charge in [-0.2, -0.15) is 5.26 Å². The maximum absolute atomic E-state index is 12.7. The molecule has 0 radical (unpaired) electrons. The molecule has 0 unspecified atom stereocenters. The largest absolute Gasteiger partial charge is 0.396 e. The molecule has 8 heteroatoms. The highest BCUT2D eigenvalue weighted by Gasteiger charge is 2.14. The van der Waals surface area contributed by atoms with Crippen LogP contribution in [0.15, 0.2) is 29.1 Å². The van der Waals surface area contributed by atoms with Crippen LogP contribution in [0.4, 0.5) is 5.69 Å². The van der Waals surface area contributed by atoms with Crippen LogP contribution in [0.25, 0.3) is 11.8 Å². The number of aliphatic hydroxyl groups excluding tert-OH is 1. The summed E-state index contributed by atoms with van der Waals surface area (Å²) in [5.74, 6) is 1.66. The van der Waals surface area contributed by atoms with Gasteiger partial charge < -0.3 is 15.7 Å². The van der Waals surface area contributed by atoms with Crippen molar-refractivity contribution in [3.63, 3.8) is 0 Å². The Morgan fingerprint density at radius 2 is 2.25 bits per heavy atom. The number of thiazole rings is 1. The molecule has 0 aliphatic heterocycles. The van der Waals surface area contributed by atoms with Crippen LogP contribution >= 0.6 is 11.3 Å². The van der Waals surface area contributed by atoms with E-state index in [1.54, 1.807) is 13.1 Å². The van der Waals surface area contributed by atoms with Crippen LogP contribution in [0.2, 0.25) is 0 Å². The first kappa shape index (κ1) is 21.0. The molecule has 1 amide bonds. The fourth-order valence-corrected chi connectivity index (χ4v) is 3.59. The molecule has 0 saturated carbocycles. The summed E-state index contributed by atoms with van der Waals surface area (Å²) in [5, 5.41) is 24.0. The highest BCUT2D eigenvalue weighted by Crippen LogP contribution is 2.10. The van der Waals surface area contributed by atoms with Crippen LogP contribution in [-0.4, -0.2) is 28.7 Å². The van der Waals surface area contributed by atoms with Crippen LogP contribution in [0.1, 0.15) is 12.5 Å². The lowest BCUT2D eigenvalue weighted by Gasteiger charge is -2.03. The standard InChI is InChI=1S/C20H20N4O3S/c1-3-9-22-18(26)16(12-21)20-24(4-2)19(27)17(28-20)13-23-15-7-5-6-14(11-15)8-10-25/h1,5-7,11,13,23,25H,4,8-10H2,2H3,(H,22,26)/b17-13+,20-16-. The quantitative estimate of drug-likeness (QED) is 0.559. The van der Waals surface area contributed by atoms with Crippen LogP contribution in [0, 0.1) is 23.7 Å². The predicted octanol–water partition coefficient (Wildman–Crippen LogP) is -0.262. The number of amides is 1. The zero-order valence-corrected chi connectivity index (χ0v) is 16.2. The van der Waals surface area contributed by atoms with Gasteiger partial charge in [0.15, 0.2) is 5.57 Å². The van der Waals surface area contributed by atoms with Crippen molar-refractivity contribution >= 4 is 34.7 Å². The lowest BCUT2D eigenvalue weighted by Crippen LogP contribution is -2.34. The Morgan fingerprint density at radius 1 is 1.46 bits per heavy atom. The summed E-state index contributed by atoms with van der Waals surface area (Å²) in [6, 6.07) is 9.33. The average Bonchev–Trinajstić information content (AvgIpc) is 3.01. The number of carbonyl (C=O) groups excluding carboxylic acids is 1. The van der Waals surface area contributed by atoms with Crippen molar-refractivity contribution < 1.29 is 9.90 Å². The first-order chi connectivity index (χ1) is 13.5. The van der Waals surface area contributed by atoms with Crippen molar-refractivity contribution in [3.05, 3.63) is 49.4 Å². The number of hydrogen-bond acceptors (Lipinski definition) is 6. The van der Waals surface area contributed by atoms with E-state index in [1.165, 1.54) is 4.57 Å². The molecular formula is C20H20N4O3S. The number of terminal acetylenes is 1. The molecule has 3 N–H and O–H groups in total. The van der Waals surface area contributed by atoms with Gasteiger partial charge in [-0.1, -0.05) is 18.1 Å². The van der Waals surface area contributed by atoms with Gasteiger partial charge in [-0.3, -0.25) is 14.2 Å². The van der Waals surface area contributed by atoms with E-state index >= 15 is 0 Å². The van der Waals surface area contributed by atoms with E-state index in [0.717, 1.165) is 22.6 Å². The third kappa shape index (κ3) is 4.89. The van der Waals surface area contributed by atoms with E-state index in [0.29, 0.717) is 17.5 Å². The molecule has 0 saturated heterocycles. The number of aromatic nitrogens is 1. The van der Waals surface area contributed by atoms with E-state index < -0.39 is 5.91 Å². The number of nitriles is 1. The Bertz CT molecular complexity index is 1120. The second kappa shape index (κ2) is 10.1. The summed E-state index contributed by atoms with van der Waals surface area (Å²) in [6.45, 7) is 2.13. The highest BCUT2D eigenvalue weighted by molar-refractivity contribution is 7.07. The van der Waals surface area contributed by atoms with Crippen LogP contribution in [0.5, 0.6) is 0 Å². The first-order valence-electron chi connectivity index (χ1n) is 8.57. The third-order valence-electron chi connectivity index (χ3n) is 3.83. The summed E-state index contributed by atoms with van der Waals surface area (Å²) in [6.07, 6.45) is 7.22. The van der Waals surface area contributed by atoms with Gasteiger partial charge in [-0.25, -0.2) is 0 Å². The Labute approximate surface area is 166 Å². The van der Waals surface area contributed by atoms with Crippen molar-refractivity contribution in [2.24, 2.45) is 0 Å². The van der Waals surface area contributed by atoms with Crippen LogP contribution in [0.3, 0.4) is 0 Å². The zero-order valence-electron chi connectivity index (χ0n) is 15.4. The Morgan fingerprint density at radius 3 is 2.89 bits per heavy atom. The average molecular weight is 396 g/mol. The number of nitrogens with zero attached hydrogens (tertiary/aromatic N) is 2. The number of anilines is 1. The number of benzene rings is 1. The molecule has 0 bridgehead atoms. The molecule has 2 aromatic rings. The van der Waals surface area contributed by atoms with Crippen molar-refractivity contribution in [2.75, 3.05) is 18.5 Å². The Balaban J connectivity index is 2.49. The number of hydrogen-bond donors (Lipinski definition) is 3. The van der Waals surface area contributed by atoms with E-state index in [-0.39, 0.29) is 28.9 Å². The molecule has 28 heavy (non-hydrogen) atoms. The molecule has 2 rings (SSSR count). The summed E-state index contributed by atoms with van der Waals surface area (Å²) in [4.78, 5) is 24.8. The van der Waals surface area contributed by atoms with Crippen molar-refractivity contribution in [1.29, 1.82) is 5.26 Å². The normalized spacial score (nSPS) is 12.1. The number of rotatable bonds is 7. The fourth-order valence-electron chi connectivity index (χ4n) is 2.50. The Kier molecular flexibility index (Phi) is 7.58. The number of nitrogens with one attached hydrogen (secondary N) is 2. The van der Waals surface area contributed by atoms with Crippen molar-refractivity contribution in [1.82, 2.24) is 9.88 Å². The first-order valence-corrected chi connectivity index (χ1v) is 9.39. The second-order valence-corrected chi connectivity index (χ2v) is 6.69. The van der Waals surface area contributed by atoms with Gasteiger partial charge in [0.25, 0.3) is 11.5 Å². The maximum Gasteiger partial charge on any atom is 0.270 e. The van der Waals surface area contributed by atoms with Crippen molar-refractivity contribution in [2.45, 2.75) is 19.9 Å². The van der Waals surface area contributed by atoms with Gasteiger partial charge >= 0.3 is 0 Å². The minimum atomic E-state index is -0.611. The SMILES string of the molecule is C#CCNC(=O)/C(C#N)=c1\s/c(=C/Nc2cccc(CCO)c2)c(=O)n1CC. The summed E-state index contributed by atoms with van der Waals surface area (Å²) in [5.41, 5.74) is 1.28. The zero-order chi connectivity index (χ0) is 20.5. The minimum Gasteiger partial charge on any atom is -0.396 e. The number of aliphatic hydroxyl groups is 1. The molecule has 0 atom stereocenters. The molecule has 0 aliphatic carbocycles. The molecule has 0 spiro atoms. The molecule has 0 aliphatic rings. The summed E-state index contributed by atoms with van der Waals surface area (Å²) in [7, 11) is 0. The van der Waals surface area contributed by atoms with Gasteiger partial charge in [0.1, 0.15) is 15.3 Å². The summed E-state index contributed by atoms with van der Waals surface area (Å²) >= 11 is 1.06. The van der Waals surface area contributed by atoms with Gasteiger partial charge in [-0.15, -0.1) is 17.8 Å². The third-order valence-corrected chi connectivity index (χ3v) is 4.96. The monoisotopic (exact) mass is 396 g/mol. The maximum atomic E-state index is 12.7. The molecule has 1 aromatic carbocycles. The number of carbonyl (C=O) groups is 1.